The van der Waals surface area contributed by atoms with Gasteiger partial charge in [-0.25, -0.2) is 0 Å². The van der Waals surface area contributed by atoms with Gasteiger partial charge < -0.3 is 10.3 Å². The molecule has 0 aliphatic heterocycles. The molecule has 0 spiro atoms. The first-order chi connectivity index (χ1) is 9.86. The van der Waals surface area contributed by atoms with Gasteiger partial charge >= 0.3 is 0 Å². The van der Waals surface area contributed by atoms with Crippen molar-refractivity contribution in [2.45, 2.75) is 26.4 Å². The minimum Gasteiger partial charge on any atom is -0.361 e. The van der Waals surface area contributed by atoms with E-state index in [4.69, 9.17) is 0 Å². The molecular formula is C18H20N2. The summed E-state index contributed by atoms with van der Waals surface area (Å²) in [5.74, 6) is 0. The maximum atomic E-state index is 3.51. The molecule has 0 radical (unpaired) electrons. The average molecular weight is 264 g/mol. The van der Waals surface area contributed by atoms with Crippen LogP contribution in [-0.4, -0.2) is 4.98 Å². The number of fused-ring (bicyclic) bond motifs is 1. The van der Waals surface area contributed by atoms with Gasteiger partial charge in [0, 0.05) is 30.2 Å². The third-order valence-electron chi connectivity index (χ3n) is 3.75. The van der Waals surface area contributed by atoms with Crippen molar-refractivity contribution in [1.29, 1.82) is 0 Å². The zero-order valence-corrected chi connectivity index (χ0v) is 11.8. The van der Waals surface area contributed by atoms with Gasteiger partial charge in [-0.15, -0.1) is 0 Å². The molecular weight excluding hydrogens is 244 g/mol. The van der Waals surface area contributed by atoms with Crippen LogP contribution < -0.4 is 5.32 Å². The fourth-order valence-electron chi connectivity index (χ4n) is 2.51. The molecule has 0 aliphatic rings. The second-order valence-corrected chi connectivity index (χ2v) is 5.13. The van der Waals surface area contributed by atoms with E-state index in [0.29, 0.717) is 0 Å². The first kappa shape index (κ1) is 12.9. The predicted molar refractivity (Wildman–Crippen MR) is 84.7 cm³/mol. The smallest absolute Gasteiger partial charge is 0.0457 e. The Bertz CT molecular complexity index is 680. The van der Waals surface area contributed by atoms with Crippen molar-refractivity contribution in [3.8, 4) is 0 Å². The van der Waals surface area contributed by atoms with E-state index in [2.05, 4.69) is 72.0 Å². The van der Waals surface area contributed by atoms with Crippen molar-refractivity contribution in [3.05, 3.63) is 71.4 Å². The van der Waals surface area contributed by atoms with Gasteiger partial charge in [-0.3, -0.25) is 0 Å². The summed E-state index contributed by atoms with van der Waals surface area (Å²) >= 11 is 0. The molecule has 0 aliphatic carbocycles. The Morgan fingerprint density at radius 2 is 1.65 bits per heavy atom. The topological polar surface area (TPSA) is 27.8 Å². The zero-order chi connectivity index (χ0) is 13.8. The van der Waals surface area contributed by atoms with Gasteiger partial charge in [-0.05, 0) is 29.2 Å². The van der Waals surface area contributed by atoms with Gasteiger partial charge in [0.25, 0.3) is 0 Å². The van der Waals surface area contributed by atoms with E-state index in [1.807, 2.05) is 0 Å². The van der Waals surface area contributed by atoms with Crippen LogP contribution in [0.1, 0.15) is 23.6 Å². The number of H-pyrrole nitrogens is 1. The number of nitrogens with one attached hydrogen (secondary N) is 2. The number of hydrogen-bond acceptors (Lipinski definition) is 1. The maximum absolute atomic E-state index is 3.51. The number of aromatic amines is 1. The third kappa shape index (κ3) is 2.75. The summed E-state index contributed by atoms with van der Waals surface area (Å²) in [6.45, 7) is 3.98. The van der Waals surface area contributed by atoms with Crippen molar-refractivity contribution in [2.24, 2.45) is 0 Å². The lowest BCUT2D eigenvalue weighted by Gasteiger charge is -2.05. The summed E-state index contributed by atoms with van der Waals surface area (Å²) in [4.78, 5) is 3.31. The summed E-state index contributed by atoms with van der Waals surface area (Å²) < 4.78 is 0. The number of benzene rings is 2. The highest BCUT2D eigenvalue weighted by Gasteiger charge is 2.02. The molecule has 0 fully saturated rings. The second kappa shape index (κ2) is 5.93. The monoisotopic (exact) mass is 264 g/mol. The molecule has 2 nitrogen and oxygen atoms in total. The normalized spacial score (nSPS) is 11.1. The van der Waals surface area contributed by atoms with Crippen LogP contribution in [0.25, 0.3) is 10.9 Å². The first-order valence-corrected chi connectivity index (χ1v) is 7.20. The van der Waals surface area contributed by atoms with Gasteiger partial charge in [0.15, 0.2) is 0 Å². The minimum atomic E-state index is 0.888. The quantitative estimate of drug-likeness (QED) is 0.715. The van der Waals surface area contributed by atoms with Crippen LogP contribution in [0.4, 0.5) is 0 Å². The van der Waals surface area contributed by atoms with E-state index in [-0.39, 0.29) is 0 Å². The van der Waals surface area contributed by atoms with Crippen molar-refractivity contribution in [1.82, 2.24) is 10.3 Å². The van der Waals surface area contributed by atoms with Crippen LogP contribution in [0, 0.1) is 0 Å². The number of aromatic nitrogens is 1. The molecule has 0 unspecified atom stereocenters. The molecule has 2 aromatic carbocycles. The first-order valence-electron chi connectivity index (χ1n) is 7.20. The molecule has 20 heavy (non-hydrogen) atoms. The zero-order valence-electron chi connectivity index (χ0n) is 11.8. The summed E-state index contributed by atoms with van der Waals surface area (Å²) in [7, 11) is 0. The van der Waals surface area contributed by atoms with E-state index < -0.39 is 0 Å². The SMILES string of the molecule is CCc1ccc(CNCc2c[nH]c3ccccc23)cc1. The van der Waals surface area contributed by atoms with Crippen LogP contribution in [0.15, 0.2) is 54.7 Å². The lowest BCUT2D eigenvalue weighted by molar-refractivity contribution is 0.696. The fraction of sp³-hybridized carbons (Fsp3) is 0.222. The highest BCUT2D eigenvalue weighted by molar-refractivity contribution is 5.82. The van der Waals surface area contributed by atoms with E-state index in [0.717, 1.165) is 19.5 Å². The van der Waals surface area contributed by atoms with Crippen molar-refractivity contribution >= 4 is 10.9 Å². The third-order valence-corrected chi connectivity index (χ3v) is 3.75. The van der Waals surface area contributed by atoms with Crippen molar-refractivity contribution < 1.29 is 0 Å². The molecule has 3 rings (SSSR count). The predicted octanol–water partition coefficient (Wildman–Crippen LogP) is 4.02. The Balaban J connectivity index is 1.62. The van der Waals surface area contributed by atoms with Crippen LogP contribution in [0.5, 0.6) is 0 Å². The molecule has 0 atom stereocenters. The average Bonchev–Trinajstić information content (AvgIpc) is 2.92. The standard InChI is InChI=1S/C18H20N2/c1-2-14-7-9-15(10-8-14)11-19-12-16-13-20-18-6-4-3-5-17(16)18/h3-10,13,19-20H,2,11-12H2,1H3. The van der Waals surface area contributed by atoms with Crippen LogP contribution >= 0.6 is 0 Å². The summed E-state index contributed by atoms with van der Waals surface area (Å²) in [5, 5.41) is 4.82. The molecule has 1 aromatic heterocycles. The van der Waals surface area contributed by atoms with E-state index >= 15 is 0 Å². The summed E-state index contributed by atoms with van der Waals surface area (Å²) in [6.07, 6.45) is 3.20. The number of aryl methyl sites for hydroxylation is 1. The molecule has 1 heterocycles. The summed E-state index contributed by atoms with van der Waals surface area (Å²) in [6, 6.07) is 17.3. The maximum Gasteiger partial charge on any atom is 0.0457 e. The van der Waals surface area contributed by atoms with Gasteiger partial charge in [-0.1, -0.05) is 49.4 Å². The number of hydrogen-bond donors (Lipinski definition) is 2. The largest absolute Gasteiger partial charge is 0.361 e. The molecule has 3 aromatic rings. The Kier molecular flexibility index (Phi) is 3.84. The molecule has 102 valence electrons. The molecule has 0 amide bonds. The second-order valence-electron chi connectivity index (χ2n) is 5.13. The minimum absolute atomic E-state index is 0.888. The van der Waals surface area contributed by atoms with E-state index in [1.165, 1.54) is 27.6 Å². The Morgan fingerprint density at radius 1 is 0.900 bits per heavy atom. The number of para-hydroxylation sites is 1. The molecule has 0 bridgehead atoms. The van der Waals surface area contributed by atoms with Crippen LogP contribution in [0.3, 0.4) is 0 Å². The van der Waals surface area contributed by atoms with Gasteiger partial charge in [-0.2, -0.15) is 0 Å². The van der Waals surface area contributed by atoms with Gasteiger partial charge in [0.1, 0.15) is 0 Å². The lowest BCUT2D eigenvalue weighted by Crippen LogP contribution is -2.12. The summed E-state index contributed by atoms with van der Waals surface area (Å²) in [5.41, 5.74) is 5.26. The Morgan fingerprint density at radius 3 is 2.45 bits per heavy atom. The highest BCUT2D eigenvalue weighted by atomic mass is 14.9. The van der Waals surface area contributed by atoms with Crippen molar-refractivity contribution in [3.63, 3.8) is 0 Å². The number of rotatable bonds is 5. The van der Waals surface area contributed by atoms with Crippen LogP contribution in [-0.2, 0) is 19.5 Å². The van der Waals surface area contributed by atoms with Crippen molar-refractivity contribution in [2.75, 3.05) is 0 Å². The van der Waals surface area contributed by atoms with Crippen LogP contribution in [0.2, 0.25) is 0 Å². The van der Waals surface area contributed by atoms with Gasteiger partial charge in [0.05, 0.1) is 0 Å². The molecule has 0 saturated carbocycles. The molecule has 0 saturated heterocycles. The lowest BCUT2D eigenvalue weighted by atomic mass is 10.1. The highest BCUT2D eigenvalue weighted by Crippen LogP contribution is 2.17. The molecule has 2 heteroatoms. The fourth-order valence-corrected chi connectivity index (χ4v) is 2.51. The molecule has 2 N–H and O–H groups in total. The van der Waals surface area contributed by atoms with E-state index in [9.17, 15) is 0 Å². The Hall–Kier alpha value is -2.06. The Labute approximate surface area is 119 Å². The van der Waals surface area contributed by atoms with Gasteiger partial charge in [0.2, 0.25) is 0 Å². The van der Waals surface area contributed by atoms with E-state index in [1.54, 1.807) is 0 Å².